The molecule has 1 aromatic rings. The molecule has 7 nitrogen and oxygen atoms in total. The Morgan fingerprint density at radius 3 is 2.84 bits per heavy atom. The SMILES string of the molecule is CNC(=O)NC(=O)CN1CC(=O)Nc2ccccc21. The van der Waals surface area contributed by atoms with Gasteiger partial charge in [0.1, 0.15) is 0 Å². The molecule has 0 aromatic heterocycles. The van der Waals surface area contributed by atoms with E-state index in [-0.39, 0.29) is 19.0 Å². The Hall–Kier alpha value is -2.57. The largest absolute Gasteiger partial charge is 0.351 e. The van der Waals surface area contributed by atoms with Crippen LogP contribution in [0.25, 0.3) is 0 Å². The van der Waals surface area contributed by atoms with Gasteiger partial charge in [-0.25, -0.2) is 4.79 Å². The molecular formula is C12H14N4O3. The van der Waals surface area contributed by atoms with Crippen molar-refractivity contribution in [1.29, 1.82) is 0 Å². The lowest BCUT2D eigenvalue weighted by Gasteiger charge is -2.30. The van der Waals surface area contributed by atoms with Gasteiger partial charge in [0.2, 0.25) is 11.8 Å². The average Bonchev–Trinajstić information content (AvgIpc) is 2.38. The first kappa shape index (κ1) is 12.9. The topological polar surface area (TPSA) is 90.5 Å². The summed E-state index contributed by atoms with van der Waals surface area (Å²) in [7, 11) is 1.42. The van der Waals surface area contributed by atoms with Crippen LogP contribution < -0.4 is 20.9 Å². The van der Waals surface area contributed by atoms with Crippen molar-refractivity contribution in [2.75, 3.05) is 30.4 Å². The second kappa shape index (κ2) is 5.38. The Bertz CT molecular complexity index is 529. The summed E-state index contributed by atoms with van der Waals surface area (Å²) < 4.78 is 0. The summed E-state index contributed by atoms with van der Waals surface area (Å²) in [6.45, 7) is 0.0238. The molecule has 1 heterocycles. The zero-order valence-electron chi connectivity index (χ0n) is 10.4. The Labute approximate surface area is 110 Å². The first-order valence-electron chi connectivity index (χ1n) is 5.75. The van der Waals surface area contributed by atoms with Gasteiger partial charge in [-0.3, -0.25) is 14.9 Å². The van der Waals surface area contributed by atoms with Gasteiger partial charge in [-0.1, -0.05) is 12.1 Å². The highest BCUT2D eigenvalue weighted by Gasteiger charge is 2.23. The minimum Gasteiger partial charge on any atom is -0.351 e. The Morgan fingerprint density at radius 2 is 2.11 bits per heavy atom. The second-order valence-electron chi connectivity index (χ2n) is 4.05. The number of fused-ring (bicyclic) bond motifs is 1. The Balaban J connectivity index is 2.10. The monoisotopic (exact) mass is 262 g/mol. The highest BCUT2D eigenvalue weighted by molar-refractivity contribution is 6.03. The molecule has 1 aliphatic heterocycles. The number of anilines is 2. The summed E-state index contributed by atoms with van der Waals surface area (Å²) in [6.07, 6.45) is 0. The molecule has 1 aromatic carbocycles. The summed E-state index contributed by atoms with van der Waals surface area (Å²) >= 11 is 0. The predicted octanol–water partition coefficient (Wildman–Crippen LogP) is -0.0993. The van der Waals surface area contributed by atoms with Crippen molar-refractivity contribution < 1.29 is 14.4 Å². The van der Waals surface area contributed by atoms with E-state index in [2.05, 4.69) is 16.0 Å². The molecule has 0 saturated heterocycles. The number of carbonyl (C=O) groups is 3. The lowest BCUT2D eigenvalue weighted by atomic mass is 10.2. The third-order valence-corrected chi connectivity index (χ3v) is 2.67. The molecule has 0 unspecified atom stereocenters. The molecule has 0 atom stereocenters. The highest BCUT2D eigenvalue weighted by Crippen LogP contribution is 2.28. The average molecular weight is 262 g/mol. The number of amides is 4. The Kier molecular flexibility index (Phi) is 3.65. The van der Waals surface area contributed by atoms with Crippen LogP contribution in [-0.2, 0) is 9.59 Å². The summed E-state index contributed by atoms with van der Waals surface area (Å²) in [5.74, 6) is -0.657. The van der Waals surface area contributed by atoms with Gasteiger partial charge < -0.3 is 15.5 Å². The maximum atomic E-state index is 11.7. The third-order valence-electron chi connectivity index (χ3n) is 2.67. The molecular weight excluding hydrogens is 248 g/mol. The number of hydrogen-bond acceptors (Lipinski definition) is 4. The normalized spacial score (nSPS) is 13.3. The van der Waals surface area contributed by atoms with Gasteiger partial charge in [0.05, 0.1) is 24.5 Å². The molecule has 0 bridgehead atoms. The van der Waals surface area contributed by atoms with Crippen molar-refractivity contribution >= 4 is 29.2 Å². The van der Waals surface area contributed by atoms with Crippen molar-refractivity contribution in [3.8, 4) is 0 Å². The first-order chi connectivity index (χ1) is 9.10. The molecule has 100 valence electrons. The summed E-state index contributed by atoms with van der Waals surface area (Å²) in [5.41, 5.74) is 1.42. The summed E-state index contributed by atoms with van der Waals surface area (Å²) in [5, 5.41) is 7.18. The predicted molar refractivity (Wildman–Crippen MR) is 69.9 cm³/mol. The number of para-hydroxylation sites is 2. The van der Waals surface area contributed by atoms with Gasteiger partial charge in [-0.2, -0.15) is 0 Å². The van der Waals surface area contributed by atoms with Gasteiger partial charge >= 0.3 is 6.03 Å². The molecule has 19 heavy (non-hydrogen) atoms. The van der Waals surface area contributed by atoms with E-state index in [0.29, 0.717) is 5.69 Å². The summed E-state index contributed by atoms with van der Waals surface area (Å²) in [6, 6.07) is 6.62. The number of imide groups is 1. The summed E-state index contributed by atoms with van der Waals surface area (Å²) in [4.78, 5) is 35.8. The highest BCUT2D eigenvalue weighted by atomic mass is 16.2. The van der Waals surface area contributed by atoms with Crippen LogP contribution in [0.5, 0.6) is 0 Å². The van der Waals surface area contributed by atoms with E-state index in [0.717, 1.165) is 5.69 Å². The van der Waals surface area contributed by atoms with Crippen LogP contribution in [-0.4, -0.2) is 38.0 Å². The smallest absolute Gasteiger partial charge is 0.321 e. The number of benzene rings is 1. The van der Waals surface area contributed by atoms with Gasteiger partial charge in [-0.15, -0.1) is 0 Å². The fourth-order valence-corrected chi connectivity index (χ4v) is 1.85. The number of nitrogens with zero attached hydrogens (tertiary/aromatic N) is 1. The maximum absolute atomic E-state index is 11.7. The van der Waals surface area contributed by atoms with Crippen LogP contribution in [0, 0.1) is 0 Å². The van der Waals surface area contributed by atoms with Crippen LogP contribution in [0.3, 0.4) is 0 Å². The minimum absolute atomic E-state index is 0.0577. The molecule has 0 spiro atoms. The van der Waals surface area contributed by atoms with Gasteiger partial charge in [0, 0.05) is 7.05 Å². The van der Waals surface area contributed by atoms with Crippen molar-refractivity contribution in [3.05, 3.63) is 24.3 Å². The van der Waals surface area contributed by atoms with E-state index in [1.165, 1.54) is 7.05 Å². The van der Waals surface area contributed by atoms with Gasteiger partial charge in [-0.05, 0) is 12.1 Å². The number of rotatable bonds is 2. The quantitative estimate of drug-likeness (QED) is 0.694. The lowest BCUT2D eigenvalue weighted by molar-refractivity contribution is -0.118. The molecule has 3 N–H and O–H groups in total. The van der Waals surface area contributed by atoms with Crippen molar-refractivity contribution in [2.24, 2.45) is 0 Å². The number of carbonyl (C=O) groups excluding carboxylic acids is 3. The number of urea groups is 1. The molecule has 7 heteroatoms. The fraction of sp³-hybridized carbons (Fsp3) is 0.250. The standard InChI is InChI=1S/C12H14N4O3/c1-13-12(19)15-11(18)7-16-6-10(17)14-8-4-2-3-5-9(8)16/h2-5H,6-7H2,1H3,(H,14,17)(H2,13,15,18,19). The molecule has 0 fully saturated rings. The molecule has 2 rings (SSSR count). The Morgan fingerprint density at radius 1 is 1.37 bits per heavy atom. The van der Waals surface area contributed by atoms with Crippen molar-refractivity contribution in [3.63, 3.8) is 0 Å². The minimum atomic E-state index is -0.570. The van der Waals surface area contributed by atoms with Crippen LogP contribution in [0.15, 0.2) is 24.3 Å². The van der Waals surface area contributed by atoms with Crippen molar-refractivity contribution in [2.45, 2.75) is 0 Å². The van der Waals surface area contributed by atoms with Crippen LogP contribution in [0.4, 0.5) is 16.2 Å². The van der Waals surface area contributed by atoms with E-state index in [9.17, 15) is 14.4 Å². The molecule has 0 aliphatic carbocycles. The van der Waals surface area contributed by atoms with Crippen LogP contribution in [0.2, 0.25) is 0 Å². The third kappa shape index (κ3) is 3.01. The van der Waals surface area contributed by atoms with Crippen molar-refractivity contribution in [1.82, 2.24) is 10.6 Å². The second-order valence-corrected chi connectivity index (χ2v) is 4.05. The van der Waals surface area contributed by atoms with Crippen LogP contribution in [0.1, 0.15) is 0 Å². The molecule has 1 aliphatic rings. The fourth-order valence-electron chi connectivity index (χ4n) is 1.85. The maximum Gasteiger partial charge on any atom is 0.321 e. The van der Waals surface area contributed by atoms with Gasteiger partial charge in [0.15, 0.2) is 0 Å². The molecule has 0 radical (unpaired) electrons. The number of nitrogens with one attached hydrogen (secondary N) is 3. The zero-order chi connectivity index (χ0) is 13.8. The van der Waals surface area contributed by atoms with E-state index in [1.54, 1.807) is 17.0 Å². The van der Waals surface area contributed by atoms with E-state index >= 15 is 0 Å². The first-order valence-corrected chi connectivity index (χ1v) is 5.75. The van der Waals surface area contributed by atoms with Crippen LogP contribution >= 0.6 is 0 Å². The zero-order valence-corrected chi connectivity index (χ0v) is 10.4. The number of hydrogen-bond donors (Lipinski definition) is 3. The van der Waals surface area contributed by atoms with E-state index in [4.69, 9.17) is 0 Å². The van der Waals surface area contributed by atoms with Gasteiger partial charge in [0.25, 0.3) is 0 Å². The molecule has 4 amide bonds. The molecule has 0 saturated carbocycles. The van der Waals surface area contributed by atoms with E-state index < -0.39 is 11.9 Å². The van der Waals surface area contributed by atoms with E-state index in [1.807, 2.05) is 12.1 Å². The lowest BCUT2D eigenvalue weighted by Crippen LogP contribution is -2.47.